The van der Waals surface area contributed by atoms with Crippen LogP contribution >= 0.6 is 0 Å². The number of rotatable bonds is 15. The maximum absolute atomic E-state index is 13.8. The second-order valence-corrected chi connectivity index (χ2v) is 15.0. The van der Waals surface area contributed by atoms with Crippen molar-refractivity contribution >= 4 is 15.7 Å². The van der Waals surface area contributed by atoms with Gasteiger partial charge < -0.3 is 33.7 Å². The van der Waals surface area contributed by atoms with Crippen molar-refractivity contribution in [1.29, 1.82) is 0 Å². The largest absolute Gasteiger partial charge is 0.490 e. The van der Waals surface area contributed by atoms with Crippen LogP contribution in [-0.2, 0) is 42.2 Å². The van der Waals surface area contributed by atoms with Gasteiger partial charge in [-0.25, -0.2) is 8.42 Å². The molecule has 2 aliphatic heterocycles. The zero-order valence-electron chi connectivity index (χ0n) is 28.1. The maximum atomic E-state index is 13.8. The fourth-order valence-electron chi connectivity index (χ4n) is 6.70. The fraction of sp³-hybridized carbons (Fsp3) is 0.514. The number of nitrogens with zero attached hydrogens (tertiary/aromatic N) is 2. The average Bonchev–Trinajstić information content (AvgIpc) is 3.86. The number of hydrogen-bond acceptors (Lipinski definition) is 9. The highest BCUT2D eigenvalue weighted by atomic mass is 32.2. The standard InChI is InChI=1S/C37H48N2O8S/c1-26-5-12-31(13-6-26)48(41,42)39-21-33(40)37(29-10-7-27(8-11-29)23-45-25-30-20-35(30)44-3)36(22-39)47-24-28-9-14-34-32(19-28)38(16-18-46-34)15-4-17-43-2/h5-14,19,30,33,35-37,40H,4,15-18,20-25H2,1-3H3/t30?,33-,35+,36+,37+/m1/s1. The Morgan fingerprint density at radius 3 is 2.44 bits per heavy atom. The molecule has 2 fully saturated rings. The molecule has 3 aliphatic rings. The Morgan fingerprint density at radius 2 is 1.71 bits per heavy atom. The Kier molecular flexibility index (Phi) is 11.4. The lowest BCUT2D eigenvalue weighted by Crippen LogP contribution is -2.53. The molecule has 1 aliphatic carbocycles. The molecule has 260 valence electrons. The molecule has 0 aromatic heterocycles. The van der Waals surface area contributed by atoms with Crippen LogP contribution in [0.5, 0.6) is 5.75 Å². The summed E-state index contributed by atoms with van der Waals surface area (Å²) in [6.07, 6.45) is 0.686. The first-order valence-corrected chi connectivity index (χ1v) is 18.3. The van der Waals surface area contributed by atoms with Crippen LogP contribution in [0.2, 0.25) is 0 Å². The van der Waals surface area contributed by atoms with Crippen molar-refractivity contribution in [1.82, 2.24) is 4.31 Å². The van der Waals surface area contributed by atoms with Gasteiger partial charge in [0.05, 0.1) is 55.3 Å². The maximum Gasteiger partial charge on any atom is 0.243 e. The van der Waals surface area contributed by atoms with Crippen molar-refractivity contribution in [3.8, 4) is 5.75 Å². The normalized spacial score (nSPS) is 24.2. The van der Waals surface area contributed by atoms with Crippen LogP contribution in [0.25, 0.3) is 0 Å². The molecule has 48 heavy (non-hydrogen) atoms. The van der Waals surface area contributed by atoms with Gasteiger partial charge >= 0.3 is 0 Å². The van der Waals surface area contributed by atoms with E-state index in [4.69, 9.17) is 23.7 Å². The first-order chi connectivity index (χ1) is 23.3. The molecule has 0 amide bonds. The van der Waals surface area contributed by atoms with Gasteiger partial charge in [-0.15, -0.1) is 0 Å². The van der Waals surface area contributed by atoms with Gasteiger partial charge in [0, 0.05) is 52.3 Å². The third kappa shape index (κ3) is 8.22. The number of β-amino-alcohol motifs (C(OH)–C–C–N with tert-alkyl or cyclic N) is 1. The third-order valence-electron chi connectivity index (χ3n) is 9.60. The van der Waals surface area contributed by atoms with Crippen LogP contribution in [0.1, 0.15) is 41.0 Å². The molecular weight excluding hydrogens is 632 g/mol. The number of benzene rings is 3. The van der Waals surface area contributed by atoms with Crippen LogP contribution < -0.4 is 9.64 Å². The van der Waals surface area contributed by atoms with E-state index in [0.29, 0.717) is 38.4 Å². The SMILES string of the molecule is COCCCN1CCOc2ccc(CO[C@H]3CN(S(=O)(=O)c4ccc(C)cc4)C[C@@H](O)[C@@H]3c3ccc(COCC4C[C@@H]4OC)cc3)cc21. The minimum absolute atomic E-state index is 0.0275. The highest BCUT2D eigenvalue weighted by Gasteiger charge is 2.42. The summed E-state index contributed by atoms with van der Waals surface area (Å²) in [5.74, 6) is 0.874. The molecule has 1 saturated heterocycles. The van der Waals surface area contributed by atoms with E-state index in [1.165, 1.54) is 4.31 Å². The number of sulfonamides is 1. The van der Waals surface area contributed by atoms with Crippen molar-refractivity contribution in [2.75, 3.05) is 65.1 Å². The minimum Gasteiger partial charge on any atom is -0.490 e. The summed E-state index contributed by atoms with van der Waals surface area (Å²) < 4.78 is 57.9. The first kappa shape index (κ1) is 34.8. The molecule has 0 spiro atoms. The third-order valence-corrected chi connectivity index (χ3v) is 11.4. The summed E-state index contributed by atoms with van der Waals surface area (Å²) in [4.78, 5) is 2.50. The van der Waals surface area contributed by atoms with Gasteiger partial charge in [-0.3, -0.25) is 0 Å². The summed E-state index contributed by atoms with van der Waals surface area (Å²) in [6, 6.07) is 20.9. The van der Waals surface area contributed by atoms with Gasteiger partial charge in [-0.1, -0.05) is 48.0 Å². The van der Waals surface area contributed by atoms with Crippen LogP contribution in [0.4, 0.5) is 5.69 Å². The molecule has 1 saturated carbocycles. The van der Waals surface area contributed by atoms with Gasteiger partial charge in [-0.2, -0.15) is 4.31 Å². The second kappa shape index (κ2) is 15.7. The number of aliphatic hydroxyl groups is 1. The van der Waals surface area contributed by atoms with Crippen molar-refractivity contribution in [3.63, 3.8) is 0 Å². The molecule has 1 unspecified atom stereocenters. The van der Waals surface area contributed by atoms with E-state index < -0.39 is 28.1 Å². The summed E-state index contributed by atoms with van der Waals surface area (Å²) in [5, 5.41) is 11.6. The molecule has 3 aromatic carbocycles. The lowest BCUT2D eigenvalue weighted by Gasteiger charge is -2.41. The summed E-state index contributed by atoms with van der Waals surface area (Å²) >= 11 is 0. The van der Waals surface area contributed by atoms with E-state index >= 15 is 0 Å². The molecular formula is C37H48N2O8S. The van der Waals surface area contributed by atoms with E-state index in [1.807, 2.05) is 43.3 Å². The quantitative estimate of drug-likeness (QED) is 0.232. The van der Waals surface area contributed by atoms with Gasteiger partial charge in [0.15, 0.2) is 0 Å². The molecule has 5 atom stereocenters. The lowest BCUT2D eigenvalue weighted by atomic mass is 9.85. The molecule has 10 nitrogen and oxygen atoms in total. The highest BCUT2D eigenvalue weighted by Crippen LogP contribution is 2.37. The lowest BCUT2D eigenvalue weighted by molar-refractivity contribution is -0.0534. The Morgan fingerprint density at radius 1 is 0.938 bits per heavy atom. The minimum atomic E-state index is -3.85. The highest BCUT2D eigenvalue weighted by molar-refractivity contribution is 7.89. The summed E-state index contributed by atoms with van der Waals surface area (Å²) in [5.41, 5.74) is 4.86. The van der Waals surface area contributed by atoms with E-state index in [1.54, 1.807) is 38.5 Å². The number of anilines is 1. The Bertz CT molecular complexity index is 1600. The predicted octanol–water partition coefficient (Wildman–Crippen LogP) is 4.52. The van der Waals surface area contributed by atoms with E-state index in [2.05, 4.69) is 11.0 Å². The molecule has 6 rings (SSSR count). The molecule has 1 N–H and O–H groups in total. The molecule has 3 aromatic rings. The average molecular weight is 681 g/mol. The number of aliphatic hydroxyl groups excluding tert-OH is 1. The number of ether oxygens (including phenoxy) is 5. The molecule has 11 heteroatoms. The number of fused-ring (bicyclic) bond motifs is 1. The van der Waals surface area contributed by atoms with E-state index in [9.17, 15) is 13.5 Å². The predicted molar refractivity (Wildman–Crippen MR) is 183 cm³/mol. The topological polar surface area (TPSA) is 107 Å². The molecule has 0 bridgehead atoms. The fourth-order valence-corrected chi connectivity index (χ4v) is 8.17. The van der Waals surface area contributed by atoms with E-state index in [-0.39, 0.29) is 24.6 Å². The van der Waals surface area contributed by atoms with E-state index in [0.717, 1.165) is 59.6 Å². The van der Waals surface area contributed by atoms with Crippen molar-refractivity contribution in [3.05, 3.63) is 89.0 Å². The Hall–Kier alpha value is -3.03. The van der Waals surface area contributed by atoms with Crippen molar-refractivity contribution < 1.29 is 37.2 Å². The van der Waals surface area contributed by atoms with Gasteiger partial charge in [0.25, 0.3) is 0 Å². The van der Waals surface area contributed by atoms with Crippen LogP contribution in [0, 0.1) is 12.8 Å². The molecule has 2 heterocycles. The number of hydrogen-bond donors (Lipinski definition) is 1. The number of piperidine rings is 1. The van der Waals surface area contributed by atoms with Crippen molar-refractivity contribution in [2.45, 2.75) is 62.1 Å². The zero-order valence-corrected chi connectivity index (χ0v) is 28.9. The first-order valence-electron chi connectivity index (χ1n) is 16.8. The smallest absolute Gasteiger partial charge is 0.243 e. The summed E-state index contributed by atoms with van der Waals surface area (Å²) in [6.45, 7) is 6.38. The van der Waals surface area contributed by atoms with Gasteiger partial charge in [0.1, 0.15) is 12.4 Å². The number of methoxy groups -OCH3 is 2. The molecule has 0 radical (unpaired) electrons. The van der Waals surface area contributed by atoms with Crippen LogP contribution in [-0.4, -0.2) is 96.4 Å². The zero-order chi connectivity index (χ0) is 33.7. The van der Waals surface area contributed by atoms with Crippen LogP contribution in [0.15, 0.2) is 71.6 Å². The second-order valence-electron chi connectivity index (χ2n) is 13.1. The Balaban J connectivity index is 1.20. The van der Waals surface area contributed by atoms with Crippen molar-refractivity contribution in [2.24, 2.45) is 5.92 Å². The van der Waals surface area contributed by atoms with Crippen LogP contribution in [0.3, 0.4) is 0 Å². The Labute approximate surface area is 284 Å². The summed E-state index contributed by atoms with van der Waals surface area (Å²) in [7, 11) is -0.410. The van der Waals surface area contributed by atoms with Gasteiger partial charge in [0.2, 0.25) is 10.0 Å². The van der Waals surface area contributed by atoms with Gasteiger partial charge in [-0.05, 0) is 60.7 Å². The monoisotopic (exact) mass is 680 g/mol. The number of aryl methyl sites for hydroxylation is 1.